The number of hydrogen-bond acceptors (Lipinski definition) is 8. The van der Waals surface area contributed by atoms with E-state index in [1.165, 1.54) is 24.9 Å². The molecule has 1 amide bonds. The summed E-state index contributed by atoms with van der Waals surface area (Å²) in [5.41, 5.74) is 2.50. The summed E-state index contributed by atoms with van der Waals surface area (Å²) in [6, 6.07) is 6.83. The number of Topliss-reactive ketones (excluding diaryl/α,β-unsaturated/α-hetero) is 1. The Balaban J connectivity index is 1.95. The summed E-state index contributed by atoms with van der Waals surface area (Å²) < 4.78 is 47.0. The van der Waals surface area contributed by atoms with E-state index in [0.29, 0.717) is 29.8 Å². The van der Waals surface area contributed by atoms with Gasteiger partial charge in [0.15, 0.2) is 12.4 Å². The van der Waals surface area contributed by atoms with Gasteiger partial charge in [-0.2, -0.15) is 13.2 Å². The zero-order valence-electron chi connectivity index (χ0n) is 24.3. The summed E-state index contributed by atoms with van der Waals surface area (Å²) in [4.78, 5) is 56.1. The maximum Gasteiger partial charge on any atom is 0.491 e. The van der Waals surface area contributed by atoms with E-state index < -0.39 is 30.1 Å². The van der Waals surface area contributed by atoms with E-state index >= 15 is 0 Å². The van der Waals surface area contributed by atoms with Gasteiger partial charge in [0.25, 0.3) is 0 Å². The number of ketones is 1. The van der Waals surface area contributed by atoms with Crippen LogP contribution in [0.15, 0.2) is 24.3 Å². The number of nitrogens with one attached hydrogen (secondary N) is 1. The second-order valence-electron chi connectivity index (χ2n) is 11.0. The standard InChI is InChI=1S/C29H33F3N4O6/c1-7-20-9-8-17-13-36(26(33)24(17)34-20)14-22(38)18-10-19(12-35(6)16(2)37)25(21(11-18)28(3,4)5)41-15-23(39)42-27(40)29(30,31)32/h8-11,33H,7,12-15H2,1-6H3. The highest BCUT2D eigenvalue weighted by Gasteiger charge is 2.42. The molecule has 10 nitrogen and oxygen atoms in total. The van der Waals surface area contributed by atoms with E-state index in [1.54, 1.807) is 31.7 Å². The van der Waals surface area contributed by atoms with Crippen LogP contribution >= 0.6 is 0 Å². The summed E-state index contributed by atoms with van der Waals surface area (Å²) in [5, 5.41) is 8.56. The topological polar surface area (TPSA) is 130 Å². The van der Waals surface area contributed by atoms with Crippen molar-refractivity contribution in [3.63, 3.8) is 0 Å². The third-order valence-corrected chi connectivity index (χ3v) is 6.65. The number of aromatic nitrogens is 1. The van der Waals surface area contributed by atoms with Crippen molar-refractivity contribution in [3.8, 4) is 5.75 Å². The van der Waals surface area contributed by atoms with Gasteiger partial charge in [-0.1, -0.05) is 33.8 Å². The smallest absolute Gasteiger partial charge is 0.481 e. The molecule has 0 aliphatic carbocycles. The fraction of sp³-hybridized carbons (Fsp3) is 0.448. The summed E-state index contributed by atoms with van der Waals surface area (Å²) in [7, 11) is 1.51. The van der Waals surface area contributed by atoms with Gasteiger partial charge in [-0.3, -0.25) is 15.0 Å². The molecular formula is C29H33F3N4O6. The third-order valence-electron chi connectivity index (χ3n) is 6.65. The van der Waals surface area contributed by atoms with E-state index in [4.69, 9.17) is 10.1 Å². The first-order chi connectivity index (χ1) is 19.4. The second kappa shape index (κ2) is 12.3. The van der Waals surface area contributed by atoms with Crippen molar-refractivity contribution >= 4 is 29.5 Å². The Bertz CT molecular complexity index is 1430. The van der Waals surface area contributed by atoms with E-state index in [1.807, 2.05) is 19.1 Å². The number of hydrogen-bond donors (Lipinski definition) is 1. The largest absolute Gasteiger partial charge is 0.491 e. The highest BCUT2D eigenvalue weighted by molar-refractivity contribution is 6.04. The molecule has 1 N–H and O–H groups in total. The number of benzene rings is 1. The molecular weight excluding hydrogens is 557 g/mol. The Morgan fingerprint density at radius 1 is 1.12 bits per heavy atom. The molecule has 0 saturated carbocycles. The second-order valence-corrected chi connectivity index (χ2v) is 11.0. The van der Waals surface area contributed by atoms with Gasteiger partial charge in [0.2, 0.25) is 5.91 Å². The summed E-state index contributed by atoms with van der Waals surface area (Å²) in [6.07, 6.45) is -4.65. The molecule has 1 aromatic heterocycles. The first kappa shape index (κ1) is 32.2. The number of amides is 1. The van der Waals surface area contributed by atoms with Crippen molar-refractivity contribution in [2.24, 2.45) is 0 Å². The highest BCUT2D eigenvalue weighted by Crippen LogP contribution is 2.37. The monoisotopic (exact) mass is 590 g/mol. The van der Waals surface area contributed by atoms with Crippen molar-refractivity contribution in [1.29, 1.82) is 5.41 Å². The van der Waals surface area contributed by atoms with Crippen LogP contribution < -0.4 is 4.74 Å². The van der Waals surface area contributed by atoms with Crippen molar-refractivity contribution < 1.29 is 41.8 Å². The van der Waals surface area contributed by atoms with Crippen LogP contribution in [0.2, 0.25) is 0 Å². The lowest BCUT2D eigenvalue weighted by atomic mass is 9.83. The van der Waals surface area contributed by atoms with Crippen molar-refractivity contribution in [2.45, 2.75) is 65.7 Å². The van der Waals surface area contributed by atoms with E-state index in [-0.39, 0.29) is 41.9 Å². The lowest BCUT2D eigenvalue weighted by Crippen LogP contribution is -2.31. The maximum atomic E-state index is 13.6. The fourth-order valence-electron chi connectivity index (χ4n) is 4.28. The number of alkyl halides is 3. The molecule has 0 fully saturated rings. The molecule has 0 saturated heterocycles. The number of rotatable bonds is 9. The Morgan fingerprint density at radius 2 is 1.79 bits per heavy atom. The van der Waals surface area contributed by atoms with Crippen LogP contribution in [0.3, 0.4) is 0 Å². The number of esters is 2. The quantitative estimate of drug-likeness (QED) is 0.264. The molecule has 0 unspecified atom stereocenters. The van der Waals surface area contributed by atoms with Crippen LogP contribution in [-0.4, -0.2) is 70.6 Å². The minimum absolute atomic E-state index is 0.0555. The molecule has 13 heteroatoms. The Hall–Kier alpha value is -4.29. The zero-order chi connectivity index (χ0) is 31.6. The van der Waals surface area contributed by atoms with Crippen LogP contribution in [0.4, 0.5) is 13.2 Å². The predicted molar refractivity (Wildman–Crippen MR) is 145 cm³/mol. The number of fused-ring (bicyclic) bond motifs is 1. The number of carbonyl (C=O) groups is 4. The average molecular weight is 591 g/mol. The van der Waals surface area contributed by atoms with E-state index in [2.05, 4.69) is 9.72 Å². The minimum atomic E-state index is -5.36. The number of ether oxygens (including phenoxy) is 2. The number of amidine groups is 1. The molecule has 1 aliphatic heterocycles. The first-order valence-corrected chi connectivity index (χ1v) is 13.1. The number of carbonyl (C=O) groups excluding carboxylic acids is 4. The highest BCUT2D eigenvalue weighted by atomic mass is 19.4. The molecule has 1 aromatic carbocycles. The molecule has 2 heterocycles. The van der Waals surface area contributed by atoms with Crippen molar-refractivity contribution in [3.05, 3.63) is 57.9 Å². The summed E-state index contributed by atoms with van der Waals surface area (Å²) >= 11 is 0. The summed E-state index contributed by atoms with van der Waals surface area (Å²) in [5.74, 6) is -4.67. The molecule has 226 valence electrons. The predicted octanol–water partition coefficient (Wildman–Crippen LogP) is 3.95. The Labute approximate surface area is 241 Å². The fourth-order valence-corrected chi connectivity index (χ4v) is 4.28. The van der Waals surface area contributed by atoms with E-state index in [0.717, 1.165) is 11.3 Å². The van der Waals surface area contributed by atoms with Gasteiger partial charge < -0.3 is 19.3 Å². The molecule has 0 bridgehead atoms. The van der Waals surface area contributed by atoms with Gasteiger partial charge in [-0.05, 0) is 30.0 Å². The van der Waals surface area contributed by atoms with Crippen molar-refractivity contribution in [1.82, 2.24) is 14.8 Å². The van der Waals surface area contributed by atoms with Gasteiger partial charge in [0, 0.05) is 55.0 Å². The SMILES string of the molecule is CCc1ccc2c(n1)C(=N)N(CC(=O)c1cc(CN(C)C(C)=O)c(OCC(=O)OC(=O)C(F)(F)F)c(C(C)(C)C)c1)C2. The lowest BCUT2D eigenvalue weighted by molar-refractivity contribution is -0.202. The number of aryl methyl sites for hydroxylation is 1. The normalized spacial score (nSPS) is 13.1. The Morgan fingerprint density at radius 3 is 2.36 bits per heavy atom. The van der Waals surface area contributed by atoms with E-state index in [9.17, 15) is 32.3 Å². The van der Waals surface area contributed by atoms with Gasteiger partial charge >= 0.3 is 18.1 Å². The van der Waals surface area contributed by atoms with Gasteiger partial charge in [-0.25, -0.2) is 14.6 Å². The molecule has 2 aromatic rings. The van der Waals surface area contributed by atoms with Gasteiger partial charge in [0.1, 0.15) is 17.3 Å². The van der Waals surface area contributed by atoms with Crippen molar-refractivity contribution in [2.75, 3.05) is 20.2 Å². The van der Waals surface area contributed by atoms with Crippen LogP contribution in [0.5, 0.6) is 5.75 Å². The first-order valence-electron chi connectivity index (χ1n) is 13.1. The molecule has 1 aliphatic rings. The van der Waals surface area contributed by atoms with Gasteiger partial charge in [-0.15, -0.1) is 0 Å². The molecule has 0 radical (unpaired) electrons. The number of pyridine rings is 1. The number of nitrogens with zero attached hydrogens (tertiary/aromatic N) is 3. The van der Waals surface area contributed by atoms with Crippen LogP contribution in [0.25, 0.3) is 0 Å². The van der Waals surface area contributed by atoms with Crippen LogP contribution in [-0.2, 0) is 44.0 Å². The van der Waals surface area contributed by atoms with Gasteiger partial charge in [0.05, 0.1) is 6.54 Å². The minimum Gasteiger partial charge on any atom is -0.481 e. The Kier molecular flexibility index (Phi) is 9.43. The average Bonchev–Trinajstić information content (AvgIpc) is 3.20. The molecule has 0 spiro atoms. The third kappa shape index (κ3) is 7.51. The molecule has 42 heavy (non-hydrogen) atoms. The molecule has 0 atom stereocenters. The lowest BCUT2D eigenvalue weighted by Gasteiger charge is -2.27. The van der Waals surface area contributed by atoms with Crippen LogP contribution in [0.1, 0.15) is 73.1 Å². The van der Waals surface area contributed by atoms with Crippen LogP contribution in [0, 0.1) is 5.41 Å². The maximum absolute atomic E-state index is 13.6. The molecule has 3 rings (SSSR count). The zero-order valence-corrected chi connectivity index (χ0v) is 24.3. The summed E-state index contributed by atoms with van der Waals surface area (Å²) in [6.45, 7) is 7.82. The number of halogens is 3.